The second kappa shape index (κ2) is 8.72. The molecule has 2 heterocycles. The van der Waals surface area contributed by atoms with Crippen LogP contribution in [0.15, 0.2) is 59.5 Å². The molecule has 1 aromatic carbocycles. The van der Waals surface area contributed by atoms with Crippen LogP contribution in [0.5, 0.6) is 11.5 Å². The number of nitrogens with one attached hydrogen (secondary N) is 2. The number of amides is 2. The van der Waals surface area contributed by atoms with Gasteiger partial charge in [0.1, 0.15) is 17.3 Å². The smallest absolute Gasteiger partial charge is 0.257 e. The van der Waals surface area contributed by atoms with Gasteiger partial charge >= 0.3 is 0 Å². The Balaban J connectivity index is 1.71. The monoisotopic (exact) mass is 381 g/mol. The van der Waals surface area contributed by atoms with E-state index in [0.717, 1.165) is 0 Å². The predicted molar refractivity (Wildman–Crippen MR) is 102 cm³/mol. The zero-order valence-electron chi connectivity index (χ0n) is 15.4. The van der Waals surface area contributed by atoms with Crippen molar-refractivity contribution in [2.24, 2.45) is 0 Å². The minimum Gasteiger partial charge on any atom is -0.497 e. The maximum Gasteiger partial charge on any atom is 0.257 e. The van der Waals surface area contributed by atoms with Gasteiger partial charge in [-0.05, 0) is 30.3 Å². The van der Waals surface area contributed by atoms with Crippen molar-refractivity contribution in [3.63, 3.8) is 0 Å². The number of benzene rings is 1. The predicted octanol–water partition coefficient (Wildman–Crippen LogP) is 2.87. The summed E-state index contributed by atoms with van der Waals surface area (Å²) in [6.45, 7) is 0.241. The number of anilines is 1. The van der Waals surface area contributed by atoms with E-state index < -0.39 is 5.91 Å². The number of hydrogen-bond acceptors (Lipinski definition) is 6. The molecular weight excluding hydrogens is 362 g/mol. The number of carbonyl (C=O) groups is 2. The topological polar surface area (TPSA) is 103 Å². The number of hydrogen-bond donors (Lipinski definition) is 2. The van der Waals surface area contributed by atoms with E-state index in [2.05, 4.69) is 15.6 Å². The zero-order chi connectivity index (χ0) is 19.9. The highest BCUT2D eigenvalue weighted by Gasteiger charge is 2.14. The molecule has 144 valence electrons. The molecule has 2 amide bonds. The molecule has 0 aliphatic rings. The highest BCUT2D eigenvalue weighted by molar-refractivity contribution is 6.06. The largest absolute Gasteiger partial charge is 0.497 e. The maximum atomic E-state index is 12.6. The van der Waals surface area contributed by atoms with E-state index in [1.807, 2.05) is 0 Å². The maximum absolute atomic E-state index is 12.6. The van der Waals surface area contributed by atoms with Gasteiger partial charge in [0.15, 0.2) is 0 Å². The van der Waals surface area contributed by atoms with Gasteiger partial charge in [-0.25, -0.2) is 0 Å². The van der Waals surface area contributed by atoms with Crippen LogP contribution in [0, 0.1) is 0 Å². The van der Waals surface area contributed by atoms with Crippen LogP contribution in [-0.2, 0) is 6.54 Å². The number of nitrogens with zero attached hydrogens (tertiary/aromatic N) is 1. The molecule has 0 saturated carbocycles. The van der Waals surface area contributed by atoms with Crippen LogP contribution in [0.1, 0.15) is 26.5 Å². The highest BCUT2D eigenvalue weighted by atomic mass is 16.5. The summed E-state index contributed by atoms with van der Waals surface area (Å²) in [5.41, 5.74) is 0.977. The van der Waals surface area contributed by atoms with E-state index in [4.69, 9.17) is 13.9 Å². The van der Waals surface area contributed by atoms with Crippen LogP contribution in [0.4, 0.5) is 5.69 Å². The van der Waals surface area contributed by atoms with E-state index in [0.29, 0.717) is 22.9 Å². The molecule has 0 aliphatic carbocycles. The molecule has 2 N–H and O–H groups in total. The number of carbonyl (C=O) groups excluding carboxylic acids is 2. The first-order valence-corrected chi connectivity index (χ1v) is 8.39. The van der Waals surface area contributed by atoms with Gasteiger partial charge in [0.05, 0.1) is 43.8 Å². The minimum absolute atomic E-state index is 0.239. The van der Waals surface area contributed by atoms with E-state index >= 15 is 0 Å². The van der Waals surface area contributed by atoms with Crippen molar-refractivity contribution < 1.29 is 23.5 Å². The lowest BCUT2D eigenvalue weighted by molar-refractivity contribution is 0.0947. The molecule has 3 rings (SSSR count). The Morgan fingerprint density at radius 1 is 1.04 bits per heavy atom. The third-order valence-corrected chi connectivity index (χ3v) is 3.92. The number of pyridine rings is 1. The summed E-state index contributed by atoms with van der Waals surface area (Å²) in [6, 6.07) is 9.99. The SMILES string of the molecule is COc1ccc(NC(=O)c2cncc(C(=O)NCc3ccco3)c2)c(OC)c1. The third-order valence-electron chi connectivity index (χ3n) is 3.92. The van der Waals surface area contributed by atoms with Crippen LogP contribution in [-0.4, -0.2) is 31.0 Å². The Hall–Kier alpha value is -3.81. The standard InChI is InChI=1S/C20H19N3O5/c1-26-15-5-6-17(18(9-15)27-2)23-20(25)14-8-13(10-21-11-14)19(24)22-12-16-4-3-7-28-16/h3-11H,12H2,1-2H3,(H,22,24)(H,23,25). The van der Waals surface area contributed by atoms with Gasteiger partial charge in [0.25, 0.3) is 11.8 Å². The summed E-state index contributed by atoms with van der Waals surface area (Å²) in [7, 11) is 3.04. The van der Waals surface area contributed by atoms with Crippen molar-refractivity contribution >= 4 is 17.5 Å². The molecule has 0 spiro atoms. The lowest BCUT2D eigenvalue weighted by Crippen LogP contribution is -2.23. The van der Waals surface area contributed by atoms with Crippen LogP contribution in [0.3, 0.4) is 0 Å². The Morgan fingerprint density at radius 2 is 1.82 bits per heavy atom. The highest BCUT2D eigenvalue weighted by Crippen LogP contribution is 2.29. The summed E-state index contributed by atoms with van der Waals surface area (Å²) >= 11 is 0. The first kappa shape index (κ1) is 19.0. The lowest BCUT2D eigenvalue weighted by atomic mass is 10.1. The van der Waals surface area contributed by atoms with Crippen LogP contribution >= 0.6 is 0 Å². The zero-order valence-corrected chi connectivity index (χ0v) is 15.4. The molecule has 28 heavy (non-hydrogen) atoms. The molecule has 0 atom stereocenters. The van der Waals surface area contributed by atoms with E-state index in [1.165, 1.54) is 31.8 Å². The van der Waals surface area contributed by atoms with Crippen molar-refractivity contribution in [2.75, 3.05) is 19.5 Å². The van der Waals surface area contributed by atoms with Crippen LogP contribution in [0.25, 0.3) is 0 Å². The fourth-order valence-corrected chi connectivity index (χ4v) is 2.47. The summed E-state index contributed by atoms with van der Waals surface area (Å²) in [4.78, 5) is 28.8. The van der Waals surface area contributed by atoms with Gasteiger partial charge in [0.2, 0.25) is 0 Å². The average molecular weight is 381 g/mol. The van der Waals surface area contributed by atoms with Gasteiger partial charge < -0.3 is 24.5 Å². The van der Waals surface area contributed by atoms with Crippen molar-refractivity contribution in [2.45, 2.75) is 6.54 Å². The first-order chi connectivity index (χ1) is 13.6. The minimum atomic E-state index is -0.420. The average Bonchev–Trinajstić information content (AvgIpc) is 3.26. The number of furan rings is 1. The van der Waals surface area contributed by atoms with Gasteiger partial charge in [-0.2, -0.15) is 0 Å². The Labute approximate surface area is 161 Å². The molecule has 0 fully saturated rings. The molecule has 8 heteroatoms. The van der Waals surface area contributed by atoms with Crippen molar-refractivity contribution in [3.8, 4) is 11.5 Å². The molecule has 0 radical (unpaired) electrons. The van der Waals surface area contributed by atoms with E-state index in [9.17, 15) is 9.59 Å². The molecule has 3 aromatic rings. The molecule has 0 unspecified atom stereocenters. The molecule has 0 aliphatic heterocycles. The second-order valence-electron chi connectivity index (χ2n) is 5.74. The fourth-order valence-electron chi connectivity index (χ4n) is 2.47. The second-order valence-corrected chi connectivity index (χ2v) is 5.74. The molecule has 0 saturated heterocycles. The third kappa shape index (κ3) is 4.47. The first-order valence-electron chi connectivity index (χ1n) is 8.39. The van der Waals surface area contributed by atoms with Gasteiger partial charge in [-0.3, -0.25) is 14.6 Å². The quantitative estimate of drug-likeness (QED) is 0.652. The number of aromatic nitrogens is 1. The van der Waals surface area contributed by atoms with Crippen LogP contribution < -0.4 is 20.1 Å². The molecule has 8 nitrogen and oxygen atoms in total. The Kier molecular flexibility index (Phi) is 5.91. The van der Waals surface area contributed by atoms with Gasteiger partial charge in [0, 0.05) is 18.5 Å². The Morgan fingerprint density at radius 3 is 2.50 bits per heavy atom. The molecular formula is C20H19N3O5. The van der Waals surface area contributed by atoms with Crippen molar-refractivity contribution in [1.29, 1.82) is 0 Å². The van der Waals surface area contributed by atoms with Gasteiger partial charge in [-0.1, -0.05) is 0 Å². The summed E-state index contributed by atoms with van der Waals surface area (Å²) in [5, 5.41) is 5.45. The number of methoxy groups -OCH3 is 2. The molecule has 0 bridgehead atoms. The van der Waals surface area contributed by atoms with Crippen molar-refractivity contribution in [1.82, 2.24) is 10.3 Å². The molecule has 2 aromatic heterocycles. The summed E-state index contributed by atoms with van der Waals surface area (Å²) < 4.78 is 15.6. The lowest BCUT2D eigenvalue weighted by Gasteiger charge is -2.12. The number of ether oxygens (including phenoxy) is 2. The van der Waals surface area contributed by atoms with E-state index in [-0.39, 0.29) is 23.6 Å². The van der Waals surface area contributed by atoms with Crippen LogP contribution in [0.2, 0.25) is 0 Å². The fraction of sp³-hybridized carbons (Fsp3) is 0.150. The number of rotatable bonds is 7. The Bertz CT molecular complexity index is 970. The van der Waals surface area contributed by atoms with E-state index in [1.54, 1.807) is 37.4 Å². The normalized spacial score (nSPS) is 10.2. The van der Waals surface area contributed by atoms with Crippen molar-refractivity contribution in [3.05, 3.63) is 71.9 Å². The summed E-state index contributed by atoms with van der Waals surface area (Å²) in [6.07, 6.45) is 4.30. The summed E-state index contributed by atoms with van der Waals surface area (Å²) in [5.74, 6) is 0.902. The van der Waals surface area contributed by atoms with Gasteiger partial charge in [-0.15, -0.1) is 0 Å².